The van der Waals surface area contributed by atoms with Crippen LogP contribution >= 0.6 is 15.3 Å². The lowest BCUT2D eigenvalue weighted by molar-refractivity contribution is 0.828. The molecule has 0 aromatic carbocycles. The molecule has 0 N–H and O–H groups in total. The van der Waals surface area contributed by atoms with Crippen molar-refractivity contribution in [1.29, 1.82) is 0 Å². The van der Waals surface area contributed by atoms with Gasteiger partial charge in [-0.25, -0.2) is 0 Å². The van der Waals surface area contributed by atoms with Gasteiger partial charge < -0.3 is 0 Å². The third-order valence-corrected chi connectivity index (χ3v) is 2.41. The molecule has 0 aromatic heterocycles. The lowest BCUT2D eigenvalue weighted by atomic mass is 10.3. The Labute approximate surface area is 73.0 Å². The van der Waals surface area contributed by atoms with Crippen molar-refractivity contribution >= 4 is 22.0 Å². The van der Waals surface area contributed by atoms with Gasteiger partial charge in [0.25, 0.3) is 0 Å². The maximum atomic E-state index is 3.60. The minimum absolute atomic E-state index is 1.07. The highest BCUT2D eigenvalue weighted by Gasteiger charge is 2.10. The van der Waals surface area contributed by atoms with Crippen LogP contribution in [0.4, 0.5) is 0 Å². The summed E-state index contributed by atoms with van der Waals surface area (Å²) < 4.78 is 0. The Hall–Kier alpha value is 0.257. The molecule has 0 aliphatic rings. The van der Waals surface area contributed by atoms with Gasteiger partial charge in [-0.2, -0.15) is 0 Å². The van der Waals surface area contributed by atoms with Gasteiger partial charge in [-0.1, -0.05) is 13.3 Å². The highest BCUT2D eigenvalue weighted by atomic mass is 79.9. The standard InChI is InChI=1S/C8H15BrSi/c1-4-5-6-7-8-10(2,3)9/h4-6H2,1-3H3. The molecule has 2 heteroatoms. The molecule has 0 aromatic rings. The fraction of sp³-hybridized carbons (Fsp3) is 0.750. The molecule has 0 unspecified atom stereocenters. The maximum absolute atomic E-state index is 3.60. The van der Waals surface area contributed by atoms with E-state index in [1.165, 1.54) is 12.8 Å². The number of unbranched alkanes of at least 4 members (excludes halogenated alkanes) is 2. The number of hydrogen-bond donors (Lipinski definition) is 0. The molecule has 0 heterocycles. The van der Waals surface area contributed by atoms with Gasteiger partial charge in [0, 0.05) is 6.42 Å². The molecular formula is C8H15BrSi. The summed E-state index contributed by atoms with van der Waals surface area (Å²) >= 11 is 3.60. The molecule has 0 spiro atoms. The summed E-state index contributed by atoms with van der Waals surface area (Å²) in [5.74, 6) is 3.19. The van der Waals surface area contributed by atoms with E-state index in [1.807, 2.05) is 0 Å². The molecular weight excluding hydrogens is 204 g/mol. The Bertz CT molecular complexity index is 136. The van der Waals surface area contributed by atoms with Crippen molar-refractivity contribution in [3.63, 3.8) is 0 Å². The quantitative estimate of drug-likeness (QED) is 0.289. The van der Waals surface area contributed by atoms with E-state index in [-0.39, 0.29) is 0 Å². The first-order chi connectivity index (χ1) is 4.56. The maximum Gasteiger partial charge on any atom is 0.202 e. The first-order valence-electron chi connectivity index (χ1n) is 3.75. The Morgan fingerprint density at radius 3 is 2.40 bits per heavy atom. The average molecular weight is 219 g/mol. The van der Waals surface area contributed by atoms with E-state index in [4.69, 9.17) is 0 Å². The van der Waals surface area contributed by atoms with Crippen LogP contribution < -0.4 is 0 Å². The van der Waals surface area contributed by atoms with Crippen molar-refractivity contribution in [2.24, 2.45) is 0 Å². The number of rotatable bonds is 2. The van der Waals surface area contributed by atoms with Crippen LogP contribution in [-0.4, -0.2) is 6.69 Å². The van der Waals surface area contributed by atoms with Gasteiger partial charge in [0.15, 0.2) is 0 Å². The second kappa shape index (κ2) is 4.98. The Morgan fingerprint density at radius 1 is 1.40 bits per heavy atom. The SMILES string of the molecule is CCCCC#C[Si](C)(C)Br. The van der Waals surface area contributed by atoms with Crippen LogP contribution in [0.5, 0.6) is 0 Å². The van der Waals surface area contributed by atoms with E-state index < -0.39 is 6.69 Å². The monoisotopic (exact) mass is 218 g/mol. The molecule has 0 nitrogen and oxygen atoms in total. The second-order valence-corrected chi connectivity index (χ2v) is 12.0. The Morgan fingerprint density at radius 2 is 2.00 bits per heavy atom. The molecule has 0 saturated heterocycles. The zero-order valence-corrected chi connectivity index (χ0v) is 9.59. The summed E-state index contributed by atoms with van der Waals surface area (Å²) in [4.78, 5) is 0. The molecule has 0 radical (unpaired) electrons. The minimum Gasteiger partial charge on any atom is -0.118 e. The predicted molar refractivity (Wildman–Crippen MR) is 53.7 cm³/mol. The van der Waals surface area contributed by atoms with Gasteiger partial charge in [0.05, 0.1) is 0 Å². The lowest BCUT2D eigenvalue weighted by Crippen LogP contribution is -2.11. The smallest absolute Gasteiger partial charge is 0.118 e. The minimum atomic E-state index is -1.26. The molecule has 0 saturated carbocycles. The summed E-state index contributed by atoms with van der Waals surface area (Å²) in [7, 11) is 0. The summed E-state index contributed by atoms with van der Waals surface area (Å²) in [5, 5.41) is 0. The molecule has 0 rings (SSSR count). The Kier molecular flexibility index (Phi) is 5.11. The van der Waals surface area contributed by atoms with Crippen LogP contribution in [0.3, 0.4) is 0 Å². The summed E-state index contributed by atoms with van der Waals surface area (Å²) in [6.07, 6.45) is 3.56. The number of hydrogen-bond acceptors (Lipinski definition) is 0. The van der Waals surface area contributed by atoms with Crippen LogP contribution in [-0.2, 0) is 0 Å². The van der Waals surface area contributed by atoms with E-state index >= 15 is 0 Å². The average Bonchev–Trinajstić information content (AvgIpc) is 1.78. The second-order valence-electron chi connectivity index (χ2n) is 2.88. The fourth-order valence-electron chi connectivity index (χ4n) is 0.538. The van der Waals surface area contributed by atoms with Crippen molar-refractivity contribution in [3.05, 3.63) is 0 Å². The first-order valence-corrected chi connectivity index (χ1v) is 9.01. The van der Waals surface area contributed by atoms with Gasteiger partial charge in [-0.15, -0.1) is 26.8 Å². The van der Waals surface area contributed by atoms with Crippen molar-refractivity contribution < 1.29 is 0 Å². The molecule has 0 aliphatic carbocycles. The largest absolute Gasteiger partial charge is 0.202 e. The molecule has 0 fully saturated rings. The molecule has 0 atom stereocenters. The van der Waals surface area contributed by atoms with Crippen molar-refractivity contribution in [2.75, 3.05) is 0 Å². The lowest BCUT2D eigenvalue weighted by Gasteiger charge is -1.99. The summed E-state index contributed by atoms with van der Waals surface area (Å²) in [6.45, 7) is 5.34. The van der Waals surface area contributed by atoms with E-state index in [9.17, 15) is 0 Å². The van der Waals surface area contributed by atoms with Gasteiger partial charge in [-0.3, -0.25) is 0 Å². The molecule has 0 bridgehead atoms. The van der Waals surface area contributed by atoms with Crippen molar-refractivity contribution in [3.8, 4) is 11.5 Å². The van der Waals surface area contributed by atoms with Crippen LogP contribution in [0.15, 0.2) is 0 Å². The van der Waals surface area contributed by atoms with Gasteiger partial charge in [0.2, 0.25) is 6.69 Å². The third-order valence-electron chi connectivity index (χ3n) is 1.04. The van der Waals surface area contributed by atoms with Gasteiger partial charge >= 0.3 is 0 Å². The molecule has 10 heavy (non-hydrogen) atoms. The van der Waals surface area contributed by atoms with Crippen LogP contribution in [0.1, 0.15) is 26.2 Å². The molecule has 0 aliphatic heterocycles. The zero-order chi connectivity index (χ0) is 8.04. The van der Waals surface area contributed by atoms with E-state index in [1.54, 1.807) is 0 Å². The first kappa shape index (κ1) is 10.3. The molecule has 58 valence electrons. The van der Waals surface area contributed by atoms with E-state index in [2.05, 4.69) is 46.8 Å². The highest BCUT2D eigenvalue weighted by molar-refractivity contribution is 9.26. The highest BCUT2D eigenvalue weighted by Crippen LogP contribution is 2.08. The van der Waals surface area contributed by atoms with Crippen molar-refractivity contribution in [1.82, 2.24) is 0 Å². The normalized spacial score (nSPS) is 10.4. The topological polar surface area (TPSA) is 0 Å². The van der Waals surface area contributed by atoms with E-state index in [0.29, 0.717) is 0 Å². The van der Waals surface area contributed by atoms with Gasteiger partial charge in [0.1, 0.15) is 0 Å². The van der Waals surface area contributed by atoms with Crippen LogP contribution in [0.25, 0.3) is 0 Å². The zero-order valence-electron chi connectivity index (χ0n) is 7.00. The fourth-order valence-corrected chi connectivity index (χ4v) is 1.50. The van der Waals surface area contributed by atoms with Gasteiger partial charge in [-0.05, 0) is 19.5 Å². The number of halogens is 1. The predicted octanol–water partition coefficient (Wildman–Crippen LogP) is 3.32. The summed E-state index contributed by atoms with van der Waals surface area (Å²) in [5.41, 5.74) is 3.26. The van der Waals surface area contributed by atoms with Crippen LogP contribution in [0.2, 0.25) is 13.1 Å². The summed E-state index contributed by atoms with van der Waals surface area (Å²) in [6, 6.07) is 0. The van der Waals surface area contributed by atoms with E-state index in [0.717, 1.165) is 6.42 Å². The third kappa shape index (κ3) is 8.26. The molecule has 0 amide bonds. The van der Waals surface area contributed by atoms with Crippen LogP contribution in [0, 0.1) is 11.5 Å². The van der Waals surface area contributed by atoms with Crippen molar-refractivity contribution in [2.45, 2.75) is 39.3 Å². The Balaban J connectivity index is 3.50.